The normalized spacial score (nSPS) is 19.0. The summed E-state index contributed by atoms with van der Waals surface area (Å²) in [6.45, 7) is 20.0. The second-order valence-electron chi connectivity index (χ2n) is 17.1. The van der Waals surface area contributed by atoms with E-state index in [1.165, 1.54) is 17.5 Å². The van der Waals surface area contributed by atoms with Gasteiger partial charge in [0.25, 0.3) is 0 Å². The molecule has 9 heteroatoms. The van der Waals surface area contributed by atoms with Crippen molar-refractivity contribution in [2.75, 3.05) is 0 Å². The van der Waals surface area contributed by atoms with E-state index in [-0.39, 0.29) is 28.4 Å². The van der Waals surface area contributed by atoms with Crippen molar-refractivity contribution in [2.24, 2.45) is 39.6 Å². The molecule has 0 spiro atoms. The Morgan fingerprint density at radius 3 is 1.50 bits per heavy atom. The minimum absolute atomic E-state index is 0. The fourth-order valence-electron chi connectivity index (χ4n) is 7.21. The van der Waals surface area contributed by atoms with Gasteiger partial charge in [0, 0.05) is 35.5 Å². The first-order chi connectivity index (χ1) is 24.8. The minimum atomic E-state index is -1.08. The molecule has 3 atom stereocenters. The summed E-state index contributed by atoms with van der Waals surface area (Å²) in [6.07, 6.45) is 16.5. The predicted octanol–water partition coefficient (Wildman–Crippen LogP) is 7.81. The van der Waals surface area contributed by atoms with Crippen LogP contribution in [0.2, 0.25) is 0 Å². The molecule has 2 aliphatic rings. The van der Waals surface area contributed by atoms with E-state index in [4.69, 9.17) is 29.8 Å². The third-order valence-electron chi connectivity index (χ3n) is 10.2. The average molecular weight is 792 g/mol. The van der Waals surface area contributed by atoms with Crippen molar-refractivity contribution in [3.63, 3.8) is 0 Å². The van der Waals surface area contributed by atoms with Crippen molar-refractivity contribution in [1.29, 1.82) is 0 Å². The van der Waals surface area contributed by atoms with Crippen LogP contribution in [0.25, 0.3) is 0 Å². The number of aliphatic carboxylic acids is 2. The molecule has 0 saturated heterocycles. The number of benzene rings is 2. The topological polar surface area (TPSA) is 145 Å². The summed E-state index contributed by atoms with van der Waals surface area (Å²) in [5, 5.41) is 40.4. The van der Waals surface area contributed by atoms with Crippen molar-refractivity contribution in [3.05, 3.63) is 57.6 Å². The van der Waals surface area contributed by atoms with Gasteiger partial charge < -0.3 is 30.0 Å². The molecule has 2 aromatic rings. The standard InChI is InChI=1S/C41H62N2O2.2C2H4O2.Co/c1-27(2)9-13-31-19-34(15-11-29(5)6)39(44)36(21-31)25-42-38-23-33-17-18-41(38,24-33)43-26-37-22-32(14-10-28(3)4)20-35(40(37)45)16-12-30(7)8;2*1-2(3)4;/h19-22,25-30,33,38,44-45H,9-18,23-24H2,1-8H3;2*1H3,(H,3,4);/q;;;+2/p-2. The number of phenolic OH excluding ortho intramolecular Hbond substituents is 2. The Morgan fingerprint density at radius 2 is 1.11 bits per heavy atom. The molecule has 0 amide bonds. The van der Waals surface area contributed by atoms with E-state index >= 15 is 0 Å². The Kier molecular flexibility index (Phi) is 21.4. The first-order valence-electron chi connectivity index (χ1n) is 19.9. The van der Waals surface area contributed by atoms with Gasteiger partial charge in [-0.25, -0.2) is 0 Å². The second kappa shape index (κ2) is 23.7. The second-order valence-corrected chi connectivity index (χ2v) is 17.1. The first-order valence-corrected chi connectivity index (χ1v) is 19.9. The molecule has 2 fully saturated rings. The number of hydrogen-bond donors (Lipinski definition) is 2. The molecule has 54 heavy (non-hydrogen) atoms. The van der Waals surface area contributed by atoms with Crippen LogP contribution in [0, 0.1) is 29.6 Å². The summed E-state index contributed by atoms with van der Waals surface area (Å²) in [5.41, 5.74) is 6.16. The molecule has 0 aliphatic heterocycles. The van der Waals surface area contributed by atoms with E-state index in [0.717, 1.165) is 107 Å². The molecule has 1 radical (unpaired) electrons. The SMILES string of the molecule is CC(=O)[O-].CC(=O)[O-].CC(C)CCc1cc(C=NC2CC3CCC2(N=Cc2cc(CCC(C)C)cc(CCC(C)C)c2O)C3)c(O)c(CCC(C)C)c1.[Co+2]. The maximum Gasteiger partial charge on any atom is 2.00 e. The number of aryl methyl sites for hydroxylation is 4. The zero-order valence-electron chi connectivity index (χ0n) is 34.7. The fraction of sp³-hybridized carbons (Fsp3) is 0.644. The molecular weight excluding hydrogens is 723 g/mol. The molecule has 2 aromatic carbocycles. The van der Waals surface area contributed by atoms with Gasteiger partial charge in [0.1, 0.15) is 11.5 Å². The average Bonchev–Trinajstić information content (AvgIpc) is 3.62. The van der Waals surface area contributed by atoms with Gasteiger partial charge >= 0.3 is 16.8 Å². The first kappa shape index (κ1) is 48.8. The van der Waals surface area contributed by atoms with Crippen LogP contribution < -0.4 is 10.2 Å². The summed E-state index contributed by atoms with van der Waals surface area (Å²) in [6, 6.07) is 8.86. The molecule has 8 nitrogen and oxygen atoms in total. The van der Waals surface area contributed by atoms with Crippen molar-refractivity contribution >= 4 is 24.4 Å². The maximum absolute atomic E-state index is 11.4. The number of aromatic hydroxyl groups is 2. The molecule has 2 N–H and O–H groups in total. The van der Waals surface area contributed by atoms with Gasteiger partial charge in [-0.05, 0) is 155 Å². The van der Waals surface area contributed by atoms with Gasteiger partial charge in [0.05, 0.1) is 11.6 Å². The Bertz CT molecular complexity index is 1510. The van der Waals surface area contributed by atoms with Gasteiger partial charge in [-0.1, -0.05) is 67.5 Å². The maximum atomic E-state index is 11.4. The van der Waals surface area contributed by atoms with Crippen LogP contribution in [0.3, 0.4) is 0 Å². The number of hydrogen-bond acceptors (Lipinski definition) is 8. The third-order valence-corrected chi connectivity index (χ3v) is 10.2. The molecule has 2 bridgehead atoms. The van der Waals surface area contributed by atoms with Gasteiger partial charge in [-0.2, -0.15) is 0 Å². The van der Waals surface area contributed by atoms with Crippen molar-refractivity contribution in [3.8, 4) is 11.5 Å². The summed E-state index contributed by atoms with van der Waals surface area (Å²) in [5.74, 6) is 1.73. The monoisotopic (exact) mass is 791 g/mol. The molecule has 2 saturated carbocycles. The van der Waals surface area contributed by atoms with E-state index in [0.29, 0.717) is 41.1 Å². The molecular formula is C45H68CoN2O6. The number of aliphatic imine (C=N–C) groups is 2. The van der Waals surface area contributed by atoms with Crippen molar-refractivity contribution < 1.29 is 46.8 Å². The van der Waals surface area contributed by atoms with E-state index < -0.39 is 11.9 Å². The van der Waals surface area contributed by atoms with E-state index in [1.807, 2.05) is 12.4 Å². The Morgan fingerprint density at radius 1 is 0.722 bits per heavy atom. The van der Waals surface area contributed by atoms with Gasteiger partial charge in [0.15, 0.2) is 0 Å². The van der Waals surface area contributed by atoms with E-state index in [1.54, 1.807) is 0 Å². The number of carboxylic acids is 2. The smallest absolute Gasteiger partial charge is 0.550 e. The quantitative estimate of drug-likeness (QED) is 0.166. The molecule has 3 unspecified atom stereocenters. The van der Waals surface area contributed by atoms with Gasteiger partial charge in [-0.15, -0.1) is 0 Å². The third kappa shape index (κ3) is 17.1. The van der Waals surface area contributed by atoms with E-state index in [2.05, 4.69) is 79.7 Å². The number of phenols is 2. The van der Waals surface area contributed by atoms with E-state index in [9.17, 15) is 10.2 Å². The fourth-order valence-corrected chi connectivity index (χ4v) is 7.21. The summed E-state index contributed by atoms with van der Waals surface area (Å²) >= 11 is 0. The van der Waals surface area contributed by atoms with Crippen LogP contribution >= 0.6 is 0 Å². The Hall–Kier alpha value is -3.17. The van der Waals surface area contributed by atoms with Crippen molar-refractivity contribution in [2.45, 2.75) is 158 Å². The van der Waals surface area contributed by atoms with Crippen LogP contribution in [0.15, 0.2) is 34.3 Å². The van der Waals surface area contributed by atoms with Crippen LogP contribution in [0.4, 0.5) is 0 Å². The number of carbonyl (C=O) groups is 2. The number of fused-ring (bicyclic) bond motifs is 2. The molecule has 2 aliphatic carbocycles. The summed E-state index contributed by atoms with van der Waals surface area (Å²) in [4.78, 5) is 28.3. The van der Waals surface area contributed by atoms with Gasteiger partial charge in [-0.3, -0.25) is 9.98 Å². The Labute approximate surface area is 336 Å². The number of nitrogens with zero attached hydrogens (tertiary/aromatic N) is 2. The Balaban J connectivity index is 0.00000147. The molecule has 303 valence electrons. The predicted molar refractivity (Wildman–Crippen MR) is 214 cm³/mol. The van der Waals surface area contributed by atoms with Crippen LogP contribution in [-0.2, 0) is 52.1 Å². The minimum Gasteiger partial charge on any atom is -0.550 e. The largest absolute Gasteiger partial charge is 2.00 e. The van der Waals surface area contributed by atoms with Crippen molar-refractivity contribution in [1.82, 2.24) is 0 Å². The summed E-state index contributed by atoms with van der Waals surface area (Å²) < 4.78 is 0. The number of carboxylic acid groups (broad SMARTS) is 2. The van der Waals surface area contributed by atoms with Gasteiger partial charge in [0.2, 0.25) is 0 Å². The molecule has 0 heterocycles. The molecule has 0 aromatic heterocycles. The molecule has 4 rings (SSSR count). The number of carbonyl (C=O) groups excluding carboxylic acids is 2. The van der Waals surface area contributed by atoms with Crippen LogP contribution in [-0.4, -0.2) is 46.2 Å². The zero-order chi connectivity index (χ0) is 39.9. The van der Waals surface area contributed by atoms with Crippen LogP contribution in [0.5, 0.6) is 11.5 Å². The van der Waals surface area contributed by atoms with Crippen LogP contribution in [0.1, 0.15) is 154 Å². The summed E-state index contributed by atoms with van der Waals surface area (Å²) in [7, 11) is 0. The number of rotatable bonds is 16. The zero-order valence-corrected chi connectivity index (χ0v) is 35.7.